The highest BCUT2D eigenvalue weighted by atomic mass is 16.4. The van der Waals surface area contributed by atoms with Gasteiger partial charge in [-0.2, -0.15) is 15.3 Å². The van der Waals surface area contributed by atoms with Crippen LogP contribution >= 0.6 is 0 Å². The summed E-state index contributed by atoms with van der Waals surface area (Å²) in [4.78, 5) is 4.42. The molecule has 0 N–H and O–H groups in total. The van der Waals surface area contributed by atoms with E-state index in [2.05, 4.69) is 30.5 Å². The summed E-state index contributed by atoms with van der Waals surface area (Å²) >= 11 is 0. The van der Waals surface area contributed by atoms with Crippen molar-refractivity contribution in [2.75, 3.05) is 0 Å². The highest BCUT2D eigenvalue weighted by Gasteiger charge is 2.17. The molecule has 152 valence electrons. The molecule has 0 amide bonds. The van der Waals surface area contributed by atoms with Crippen molar-refractivity contribution in [3.63, 3.8) is 0 Å². The number of rotatable bonds is 5. The van der Waals surface area contributed by atoms with Crippen molar-refractivity contribution in [2.24, 2.45) is 7.05 Å². The lowest BCUT2D eigenvalue weighted by Crippen LogP contribution is -2.05. The predicted molar refractivity (Wildman–Crippen MR) is 109 cm³/mol. The summed E-state index contributed by atoms with van der Waals surface area (Å²) < 4.78 is 11.4. The van der Waals surface area contributed by atoms with Crippen LogP contribution in [0.15, 0.2) is 35.0 Å². The summed E-state index contributed by atoms with van der Waals surface area (Å²) in [5, 5.41) is 21.8. The molecule has 0 aromatic carbocycles. The number of hydrogen-bond donors (Lipinski definition) is 0. The molecule has 0 aliphatic rings. The second-order valence-corrected chi connectivity index (χ2v) is 7.30. The summed E-state index contributed by atoms with van der Waals surface area (Å²) in [6.07, 6.45) is 4.19. The monoisotopic (exact) mass is 403 g/mol. The molecule has 10 nitrogen and oxygen atoms in total. The fraction of sp³-hybridized carbons (Fsp3) is 0.300. The molecule has 0 spiro atoms. The summed E-state index contributed by atoms with van der Waals surface area (Å²) in [6, 6.07) is 5.80. The number of aromatic nitrogens is 9. The lowest BCUT2D eigenvalue weighted by molar-refractivity contribution is 0.470. The molecule has 0 radical (unpaired) electrons. The van der Waals surface area contributed by atoms with Gasteiger partial charge in [-0.25, -0.2) is 9.50 Å². The normalized spacial score (nSPS) is 11.6. The average molecular weight is 403 g/mol. The minimum absolute atomic E-state index is 0.373. The fourth-order valence-electron chi connectivity index (χ4n) is 3.51. The first-order chi connectivity index (χ1) is 14.5. The summed E-state index contributed by atoms with van der Waals surface area (Å²) in [5.74, 6) is 0.920. The maximum absolute atomic E-state index is 5.86. The highest BCUT2D eigenvalue weighted by molar-refractivity contribution is 5.66. The second-order valence-electron chi connectivity index (χ2n) is 7.30. The van der Waals surface area contributed by atoms with Crippen molar-refractivity contribution in [3.05, 3.63) is 53.6 Å². The molecular formula is C20H21N9O. The lowest BCUT2D eigenvalue weighted by Gasteiger charge is -2.03. The Hall–Kier alpha value is -3.82. The number of fused-ring (bicyclic) bond motifs is 1. The van der Waals surface area contributed by atoms with Gasteiger partial charge in [0.15, 0.2) is 11.3 Å². The molecule has 0 unspecified atom stereocenters. The van der Waals surface area contributed by atoms with Gasteiger partial charge in [-0.05, 0) is 32.9 Å². The van der Waals surface area contributed by atoms with Gasteiger partial charge in [0.2, 0.25) is 5.89 Å². The average Bonchev–Trinajstić information content (AvgIpc) is 3.48. The van der Waals surface area contributed by atoms with Crippen LogP contribution in [0, 0.1) is 20.8 Å². The van der Waals surface area contributed by atoms with Crippen LogP contribution in [0.4, 0.5) is 0 Å². The number of aryl methyl sites for hydroxylation is 5. The molecule has 0 fully saturated rings. The Morgan fingerprint density at radius 2 is 1.93 bits per heavy atom. The van der Waals surface area contributed by atoms with Gasteiger partial charge in [0.1, 0.15) is 0 Å². The van der Waals surface area contributed by atoms with E-state index in [0.29, 0.717) is 36.1 Å². The molecule has 0 atom stereocenters. The Morgan fingerprint density at radius 3 is 2.67 bits per heavy atom. The van der Waals surface area contributed by atoms with Gasteiger partial charge in [-0.15, -0.1) is 10.2 Å². The molecule has 0 bridgehead atoms. The van der Waals surface area contributed by atoms with E-state index in [1.807, 2.05) is 61.6 Å². The molecule has 10 heteroatoms. The SMILES string of the molecule is Cc1cc(C)n(CCc2nnc(-c3cc4nccc(-c5cnn(C)c5C)n4n3)o2)n1. The first-order valence-electron chi connectivity index (χ1n) is 9.67. The van der Waals surface area contributed by atoms with Gasteiger partial charge in [0.05, 0.1) is 17.6 Å². The van der Waals surface area contributed by atoms with Gasteiger partial charge < -0.3 is 4.42 Å². The van der Waals surface area contributed by atoms with E-state index < -0.39 is 0 Å². The van der Waals surface area contributed by atoms with E-state index >= 15 is 0 Å². The molecule has 5 rings (SSSR count). The van der Waals surface area contributed by atoms with Crippen LogP contribution in [0.5, 0.6) is 0 Å². The van der Waals surface area contributed by atoms with Crippen molar-refractivity contribution in [1.29, 1.82) is 0 Å². The van der Waals surface area contributed by atoms with Crippen LogP contribution in [-0.4, -0.2) is 44.4 Å². The van der Waals surface area contributed by atoms with Crippen molar-refractivity contribution >= 4 is 5.65 Å². The third-order valence-corrected chi connectivity index (χ3v) is 5.20. The smallest absolute Gasteiger partial charge is 0.268 e. The van der Waals surface area contributed by atoms with Gasteiger partial charge in [-0.1, -0.05) is 0 Å². The molecule has 5 aromatic heterocycles. The maximum Gasteiger partial charge on any atom is 0.268 e. The second kappa shape index (κ2) is 6.90. The van der Waals surface area contributed by atoms with Crippen LogP contribution in [-0.2, 0) is 20.0 Å². The maximum atomic E-state index is 5.86. The van der Waals surface area contributed by atoms with E-state index in [1.54, 1.807) is 10.7 Å². The molecule has 0 aliphatic heterocycles. The first-order valence-corrected chi connectivity index (χ1v) is 9.67. The van der Waals surface area contributed by atoms with Gasteiger partial charge >= 0.3 is 0 Å². The number of nitrogens with zero attached hydrogens (tertiary/aromatic N) is 9. The summed E-state index contributed by atoms with van der Waals surface area (Å²) in [6.45, 7) is 6.71. The van der Waals surface area contributed by atoms with Crippen molar-refractivity contribution in [2.45, 2.75) is 33.7 Å². The largest absolute Gasteiger partial charge is 0.419 e. The molecule has 5 aromatic rings. The van der Waals surface area contributed by atoms with E-state index in [9.17, 15) is 0 Å². The quantitative estimate of drug-likeness (QED) is 0.444. The molecule has 0 saturated heterocycles. The van der Waals surface area contributed by atoms with Crippen LogP contribution in [0.2, 0.25) is 0 Å². The Balaban J connectivity index is 1.44. The van der Waals surface area contributed by atoms with Gasteiger partial charge in [-0.3, -0.25) is 9.36 Å². The van der Waals surface area contributed by atoms with E-state index in [4.69, 9.17) is 4.42 Å². The zero-order valence-electron chi connectivity index (χ0n) is 17.2. The lowest BCUT2D eigenvalue weighted by atomic mass is 10.2. The fourth-order valence-corrected chi connectivity index (χ4v) is 3.51. The summed E-state index contributed by atoms with van der Waals surface area (Å²) in [7, 11) is 1.91. The standard InChI is InChI=1S/C20H21N9O/c1-12-9-13(2)28(25-12)8-6-19-23-24-20(30-19)16-10-18-21-7-5-17(29(18)26-16)15-11-22-27(4)14(15)3/h5,7,9-11H,6,8H2,1-4H3. The Bertz CT molecular complexity index is 1350. The van der Waals surface area contributed by atoms with Crippen LogP contribution < -0.4 is 0 Å². The van der Waals surface area contributed by atoms with Crippen LogP contribution in [0.25, 0.3) is 28.5 Å². The van der Waals surface area contributed by atoms with Gasteiger partial charge in [0.25, 0.3) is 5.89 Å². The molecule has 30 heavy (non-hydrogen) atoms. The molecule has 0 aliphatic carbocycles. The zero-order valence-corrected chi connectivity index (χ0v) is 17.2. The minimum atomic E-state index is 0.373. The third-order valence-electron chi connectivity index (χ3n) is 5.20. The Morgan fingerprint density at radius 1 is 1.07 bits per heavy atom. The van der Waals surface area contributed by atoms with Crippen molar-refractivity contribution in [3.8, 4) is 22.8 Å². The summed E-state index contributed by atoms with van der Waals surface area (Å²) in [5.41, 5.74) is 6.34. The molecule has 5 heterocycles. The van der Waals surface area contributed by atoms with Crippen molar-refractivity contribution in [1.82, 2.24) is 44.4 Å². The van der Waals surface area contributed by atoms with E-state index in [1.165, 1.54) is 0 Å². The van der Waals surface area contributed by atoms with Gasteiger partial charge in [0, 0.05) is 49.2 Å². The topological polar surface area (TPSA) is 105 Å². The molecule has 0 saturated carbocycles. The van der Waals surface area contributed by atoms with E-state index in [0.717, 1.165) is 28.3 Å². The Labute approximate surface area is 172 Å². The molecular weight excluding hydrogens is 382 g/mol. The Kier molecular flexibility index (Phi) is 4.19. The van der Waals surface area contributed by atoms with Crippen molar-refractivity contribution < 1.29 is 4.42 Å². The third kappa shape index (κ3) is 3.06. The zero-order chi connectivity index (χ0) is 20.8. The predicted octanol–water partition coefficient (Wildman–Crippen LogP) is 2.54. The van der Waals surface area contributed by atoms with Crippen LogP contribution in [0.1, 0.15) is 23.0 Å². The first kappa shape index (κ1) is 18.2. The minimum Gasteiger partial charge on any atom is -0.419 e. The highest BCUT2D eigenvalue weighted by Crippen LogP contribution is 2.25. The van der Waals surface area contributed by atoms with Crippen LogP contribution in [0.3, 0.4) is 0 Å². The number of hydrogen-bond acceptors (Lipinski definition) is 7. The van der Waals surface area contributed by atoms with E-state index in [-0.39, 0.29) is 0 Å².